The van der Waals surface area contributed by atoms with E-state index in [0.717, 1.165) is 47.9 Å². The lowest BCUT2D eigenvalue weighted by molar-refractivity contribution is -0.146. The van der Waals surface area contributed by atoms with Gasteiger partial charge in [-0.3, -0.25) is 9.59 Å². The highest BCUT2D eigenvalue weighted by Crippen LogP contribution is 2.38. The Morgan fingerprint density at radius 3 is 2.71 bits per heavy atom. The average Bonchev–Trinajstić information content (AvgIpc) is 3.27. The summed E-state index contributed by atoms with van der Waals surface area (Å²) in [4.78, 5) is 33.0. The summed E-state index contributed by atoms with van der Waals surface area (Å²) in [6, 6.07) is 10.5. The Balaban J connectivity index is 1.52. The van der Waals surface area contributed by atoms with E-state index in [1.165, 1.54) is 6.42 Å². The molecule has 2 aliphatic rings. The van der Waals surface area contributed by atoms with Gasteiger partial charge in [0.1, 0.15) is 17.5 Å². The fourth-order valence-corrected chi connectivity index (χ4v) is 5.87. The number of aromatic amines is 1. The lowest BCUT2D eigenvalue weighted by Crippen LogP contribution is -2.50. The van der Waals surface area contributed by atoms with Crippen LogP contribution in [0.1, 0.15) is 63.1 Å². The monoisotopic (exact) mass is 537 g/mol. The summed E-state index contributed by atoms with van der Waals surface area (Å²) >= 11 is 6.42. The van der Waals surface area contributed by atoms with Crippen LogP contribution >= 0.6 is 11.6 Å². The fourth-order valence-electron chi connectivity index (χ4n) is 5.69. The van der Waals surface area contributed by atoms with Crippen molar-refractivity contribution in [3.05, 3.63) is 58.7 Å². The summed E-state index contributed by atoms with van der Waals surface area (Å²) in [5, 5.41) is 4.79. The molecule has 1 aromatic heterocycles. The summed E-state index contributed by atoms with van der Waals surface area (Å²) in [7, 11) is 1.65. The first-order chi connectivity index (χ1) is 18.4. The van der Waals surface area contributed by atoms with E-state index in [1.54, 1.807) is 30.2 Å². The number of carbonyl (C=O) groups is 2. The zero-order chi connectivity index (χ0) is 26.8. The number of aromatic nitrogens is 1. The Morgan fingerprint density at radius 2 is 1.97 bits per heavy atom. The van der Waals surface area contributed by atoms with Gasteiger partial charge in [-0.05, 0) is 67.1 Å². The zero-order valence-electron chi connectivity index (χ0n) is 22.3. The number of methoxy groups -OCH3 is 1. The van der Waals surface area contributed by atoms with Gasteiger partial charge in [0.15, 0.2) is 6.10 Å². The SMILES string of the molecule is COc1ccc2[nH]cc(CCN3C(=O)C(C(C)C)Oc4ccc(Cl)cc4C3C(=O)NC3CCCCC3)c2c1. The molecule has 1 aliphatic carbocycles. The van der Waals surface area contributed by atoms with Gasteiger partial charge in [-0.2, -0.15) is 0 Å². The van der Waals surface area contributed by atoms with Crippen molar-refractivity contribution in [1.82, 2.24) is 15.2 Å². The molecule has 7 nitrogen and oxygen atoms in total. The highest BCUT2D eigenvalue weighted by molar-refractivity contribution is 6.30. The Hall–Kier alpha value is -3.19. The number of rotatable bonds is 7. The van der Waals surface area contributed by atoms with Gasteiger partial charge in [-0.15, -0.1) is 0 Å². The molecule has 8 heteroatoms. The lowest BCUT2D eigenvalue weighted by atomic mass is 9.94. The van der Waals surface area contributed by atoms with Gasteiger partial charge >= 0.3 is 0 Å². The van der Waals surface area contributed by atoms with Crippen LogP contribution in [0.25, 0.3) is 10.9 Å². The van der Waals surface area contributed by atoms with E-state index in [9.17, 15) is 9.59 Å². The molecule has 5 rings (SSSR count). The molecule has 1 saturated carbocycles. The maximum absolute atomic E-state index is 14.0. The average molecular weight is 538 g/mol. The molecule has 2 heterocycles. The second kappa shape index (κ2) is 11.3. The van der Waals surface area contributed by atoms with Crippen LogP contribution in [0, 0.1) is 5.92 Å². The van der Waals surface area contributed by atoms with Crippen LogP contribution in [0.2, 0.25) is 5.02 Å². The molecule has 2 aromatic carbocycles. The van der Waals surface area contributed by atoms with Gasteiger partial charge in [0, 0.05) is 40.3 Å². The van der Waals surface area contributed by atoms with Gasteiger partial charge in [-0.25, -0.2) is 0 Å². The van der Waals surface area contributed by atoms with Gasteiger partial charge < -0.3 is 24.7 Å². The number of halogens is 1. The minimum absolute atomic E-state index is 0.0777. The molecular weight excluding hydrogens is 502 g/mol. The van der Waals surface area contributed by atoms with Gasteiger partial charge in [0.05, 0.1) is 7.11 Å². The largest absolute Gasteiger partial charge is 0.497 e. The van der Waals surface area contributed by atoms with Crippen molar-refractivity contribution in [2.45, 2.75) is 70.6 Å². The van der Waals surface area contributed by atoms with Crippen molar-refractivity contribution in [3.63, 3.8) is 0 Å². The summed E-state index contributed by atoms with van der Waals surface area (Å²) in [6.07, 6.45) is 7.13. The first-order valence-corrected chi connectivity index (χ1v) is 13.9. The first-order valence-electron chi connectivity index (χ1n) is 13.6. The van der Waals surface area contributed by atoms with Gasteiger partial charge in [-0.1, -0.05) is 44.7 Å². The highest BCUT2D eigenvalue weighted by Gasteiger charge is 2.42. The van der Waals surface area contributed by atoms with E-state index < -0.39 is 12.1 Å². The van der Waals surface area contributed by atoms with Crippen molar-refractivity contribution < 1.29 is 19.1 Å². The number of hydrogen-bond donors (Lipinski definition) is 2. The predicted molar refractivity (Wildman–Crippen MR) is 149 cm³/mol. The molecule has 202 valence electrons. The summed E-state index contributed by atoms with van der Waals surface area (Å²) in [5.41, 5.74) is 2.67. The quantitative estimate of drug-likeness (QED) is 0.398. The number of nitrogens with one attached hydrogen (secondary N) is 2. The number of amides is 2. The molecule has 0 saturated heterocycles. The minimum Gasteiger partial charge on any atom is -0.497 e. The zero-order valence-corrected chi connectivity index (χ0v) is 23.0. The lowest BCUT2D eigenvalue weighted by Gasteiger charge is -2.33. The molecule has 2 atom stereocenters. The van der Waals surface area contributed by atoms with Crippen LogP contribution < -0.4 is 14.8 Å². The van der Waals surface area contributed by atoms with Crippen LogP contribution in [-0.2, 0) is 16.0 Å². The van der Waals surface area contributed by atoms with Crippen molar-refractivity contribution in [2.24, 2.45) is 5.92 Å². The highest BCUT2D eigenvalue weighted by atomic mass is 35.5. The van der Waals surface area contributed by atoms with Crippen molar-refractivity contribution >= 4 is 34.3 Å². The number of hydrogen-bond acceptors (Lipinski definition) is 4. The second-order valence-electron chi connectivity index (χ2n) is 10.7. The Labute approximate surface area is 228 Å². The van der Waals surface area contributed by atoms with Crippen molar-refractivity contribution in [3.8, 4) is 11.5 Å². The molecule has 1 fully saturated rings. The number of H-pyrrole nitrogens is 1. The third-order valence-corrected chi connectivity index (χ3v) is 8.00. The topological polar surface area (TPSA) is 83.7 Å². The molecule has 0 radical (unpaired) electrons. The van der Waals surface area contributed by atoms with Gasteiger partial charge in [0.2, 0.25) is 5.91 Å². The summed E-state index contributed by atoms with van der Waals surface area (Å²) in [6.45, 7) is 4.28. The molecule has 0 spiro atoms. The molecule has 1 aliphatic heterocycles. The third kappa shape index (κ3) is 5.35. The maximum Gasteiger partial charge on any atom is 0.264 e. The van der Waals surface area contributed by atoms with E-state index in [2.05, 4.69) is 10.3 Å². The van der Waals surface area contributed by atoms with Crippen LogP contribution in [0.3, 0.4) is 0 Å². The fraction of sp³-hybridized carbons (Fsp3) is 0.467. The molecular formula is C30H36ClN3O4. The van der Waals surface area contributed by atoms with Gasteiger partial charge in [0.25, 0.3) is 5.91 Å². The number of fused-ring (bicyclic) bond motifs is 2. The Morgan fingerprint density at radius 1 is 1.18 bits per heavy atom. The first kappa shape index (κ1) is 26.4. The summed E-state index contributed by atoms with van der Waals surface area (Å²) in [5.74, 6) is 0.859. The minimum atomic E-state index is -0.832. The maximum atomic E-state index is 14.0. The second-order valence-corrected chi connectivity index (χ2v) is 11.2. The predicted octanol–water partition coefficient (Wildman–Crippen LogP) is 5.81. The van der Waals surface area contributed by atoms with E-state index >= 15 is 0 Å². The number of benzene rings is 2. The van der Waals surface area contributed by atoms with E-state index in [1.807, 2.05) is 38.2 Å². The smallest absolute Gasteiger partial charge is 0.264 e. The molecule has 2 unspecified atom stereocenters. The summed E-state index contributed by atoms with van der Waals surface area (Å²) < 4.78 is 11.7. The molecule has 0 bridgehead atoms. The van der Waals surface area contributed by atoms with Crippen LogP contribution in [0.15, 0.2) is 42.6 Å². The molecule has 3 aromatic rings. The van der Waals surface area contributed by atoms with E-state index in [-0.39, 0.29) is 23.8 Å². The standard InChI is InChI=1S/C30H36ClN3O4/c1-18(2)28-30(36)34(14-13-19-17-32-25-11-10-22(37-3)16-23(19)25)27(24-15-20(31)9-12-26(24)38-28)29(35)33-21-7-5-4-6-8-21/h9-12,15-18,21,27-28,32H,4-8,13-14H2,1-3H3,(H,33,35). The normalized spacial score (nSPS) is 20.2. The van der Waals surface area contributed by atoms with E-state index in [0.29, 0.717) is 29.3 Å². The van der Waals surface area contributed by atoms with E-state index in [4.69, 9.17) is 21.1 Å². The molecule has 2 N–H and O–H groups in total. The Kier molecular flexibility index (Phi) is 7.84. The number of nitrogens with zero attached hydrogens (tertiary/aromatic N) is 1. The van der Waals surface area contributed by atoms with Crippen LogP contribution in [-0.4, -0.2) is 47.5 Å². The van der Waals surface area contributed by atoms with Crippen LogP contribution in [0.4, 0.5) is 0 Å². The third-order valence-electron chi connectivity index (χ3n) is 7.76. The number of ether oxygens (including phenoxy) is 2. The van der Waals surface area contributed by atoms with Crippen molar-refractivity contribution in [1.29, 1.82) is 0 Å². The number of carbonyl (C=O) groups excluding carboxylic acids is 2. The van der Waals surface area contributed by atoms with Crippen molar-refractivity contribution in [2.75, 3.05) is 13.7 Å². The Bertz CT molecular complexity index is 1310. The molecule has 38 heavy (non-hydrogen) atoms. The van der Waals surface area contributed by atoms with Crippen LogP contribution in [0.5, 0.6) is 11.5 Å². The molecule has 2 amide bonds.